The average Bonchev–Trinajstić information content (AvgIpc) is 3.26. The van der Waals surface area contributed by atoms with Crippen molar-refractivity contribution >= 4 is 28.2 Å². The maximum absolute atomic E-state index is 12.6. The standard InChI is InChI=1S/C20H19NO4S/c1-3-10-25-20(23)17-16(14-7-5-4-6-8-14)12-26-19(17)21-18(22)15-9-11-24-13(15)2/h4-9,11-12H,3,10H2,1-2H3,(H,21,22). The van der Waals surface area contributed by atoms with Crippen molar-refractivity contribution in [3.8, 4) is 11.1 Å². The Bertz CT molecular complexity index is 911. The summed E-state index contributed by atoms with van der Waals surface area (Å²) in [5, 5.41) is 5.14. The molecule has 134 valence electrons. The highest BCUT2D eigenvalue weighted by Gasteiger charge is 2.24. The minimum atomic E-state index is -0.439. The molecule has 0 bridgehead atoms. The Morgan fingerprint density at radius 1 is 1.19 bits per heavy atom. The highest BCUT2D eigenvalue weighted by atomic mass is 32.1. The number of ether oxygens (including phenoxy) is 1. The fourth-order valence-electron chi connectivity index (χ4n) is 2.54. The Morgan fingerprint density at radius 2 is 1.96 bits per heavy atom. The van der Waals surface area contributed by atoms with Crippen molar-refractivity contribution in [2.24, 2.45) is 0 Å². The number of anilines is 1. The number of carbonyl (C=O) groups excluding carboxylic acids is 2. The molecule has 3 aromatic rings. The highest BCUT2D eigenvalue weighted by Crippen LogP contribution is 2.36. The van der Waals surface area contributed by atoms with E-state index in [-0.39, 0.29) is 5.91 Å². The molecule has 3 rings (SSSR count). The number of esters is 1. The summed E-state index contributed by atoms with van der Waals surface area (Å²) in [6.07, 6.45) is 2.19. The summed E-state index contributed by atoms with van der Waals surface area (Å²) in [5.74, 6) is -0.231. The number of benzene rings is 1. The van der Waals surface area contributed by atoms with Crippen molar-refractivity contribution in [2.75, 3.05) is 11.9 Å². The number of carbonyl (C=O) groups is 2. The fourth-order valence-corrected chi connectivity index (χ4v) is 3.49. The van der Waals surface area contributed by atoms with E-state index in [0.717, 1.165) is 17.5 Å². The minimum absolute atomic E-state index is 0.317. The second-order valence-electron chi connectivity index (χ2n) is 5.70. The van der Waals surface area contributed by atoms with Crippen LogP contribution < -0.4 is 5.32 Å². The van der Waals surface area contributed by atoms with E-state index in [2.05, 4.69) is 5.32 Å². The molecule has 26 heavy (non-hydrogen) atoms. The van der Waals surface area contributed by atoms with Crippen LogP contribution in [0.3, 0.4) is 0 Å². The molecular formula is C20H19NO4S. The molecule has 6 heteroatoms. The zero-order chi connectivity index (χ0) is 18.5. The zero-order valence-corrected chi connectivity index (χ0v) is 15.4. The molecule has 0 aliphatic heterocycles. The molecule has 0 aliphatic rings. The maximum atomic E-state index is 12.6. The third-order valence-electron chi connectivity index (χ3n) is 3.85. The summed E-state index contributed by atoms with van der Waals surface area (Å²) in [5.41, 5.74) is 2.46. The zero-order valence-electron chi connectivity index (χ0n) is 14.6. The number of hydrogen-bond donors (Lipinski definition) is 1. The van der Waals surface area contributed by atoms with Gasteiger partial charge < -0.3 is 14.5 Å². The van der Waals surface area contributed by atoms with Crippen LogP contribution in [-0.2, 0) is 4.74 Å². The van der Waals surface area contributed by atoms with Crippen LogP contribution in [0.1, 0.15) is 39.8 Å². The first-order valence-electron chi connectivity index (χ1n) is 8.31. The molecule has 1 N–H and O–H groups in total. The van der Waals surface area contributed by atoms with Gasteiger partial charge in [0.25, 0.3) is 5.91 Å². The van der Waals surface area contributed by atoms with Gasteiger partial charge in [-0.2, -0.15) is 0 Å². The normalized spacial score (nSPS) is 10.5. The predicted octanol–water partition coefficient (Wildman–Crippen LogP) is 5.14. The van der Waals surface area contributed by atoms with Crippen LogP contribution in [0.4, 0.5) is 5.00 Å². The van der Waals surface area contributed by atoms with Crippen LogP contribution >= 0.6 is 11.3 Å². The van der Waals surface area contributed by atoms with E-state index in [0.29, 0.717) is 28.5 Å². The summed E-state index contributed by atoms with van der Waals surface area (Å²) in [6, 6.07) is 11.2. The van der Waals surface area contributed by atoms with Crippen molar-refractivity contribution in [1.82, 2.24) is 0 Å². The molecule has 2 heterocycles. The largest absolute Gasteiger partial charge is 0.469 e. The lowest BCUT2D eigenvalue weighted by Gasteiger charge is -2.09. The van der Waals surface area contributed by atoms with Gasteiger partial charge in [0, 0.05) is 10.9 Å². The van der Waals surface area contributed by atoms with E-state index in [4.69, 9.17) is 9.15 Å². The van der Waals surface area contributed by atoms with E-state index in [1.54, 1.807) is 13.0 Å². The van der Waals surface area contributed by atoms with Crippen molar-refractivity contribution in [3.63, 3.8) is 0 Å². The van der Waals surface area contributed by atoms with Crippen LogP contribution in [0.25, 0.3) is 11.1 Å². The second kappa shape index (κ2) is 8.01. The van der Waals surface area contributed by atoms with Crippen molar-refractivity contribution in [1.29, 1.82) is 0 Å². The van der Waals surface area contributed by atoms with Gasteiger partial charge in [-0.1, -0.05) is 37.3 Å². The summed E-state index contributed by atoms with van der Waals surface area (Å²) in [6.45, 7) is 3.98. The highest BCUT2D eigenvalue weighted by molar-refractivity contribution is 7.15. The molecule has 0 spiro atoms. The van der Waals surface area contributed by atoms with Crippen LogP contribution in [0, 0.1) is 6.92 Å². The van der Waals surface area contributed by atoms with Crippen molar-refractivity contribution in [2.45, 2.75) is 20.3 Å². The number of hydrogen-bond acceptors (Lipinski definition) is 5. The molecule has 0 fully saturated rings. The van der Waals surface area contributed by atoms with Gasteiger partial charge in [-0.15, -0.1) is 11.3 Å². The lowest BCUT2D eigenvalue weighted by atomic mass is 10.0. The minimum Gasteiger partial charge on any atom is -0.469 e. The van der Waals surface area contributed by atoms with Gasteiger partial charge in [-0.05, 0) is 25.0 Å². The monoisotopic (exact) mass is 369 g/mol. The fraction of sp³-hybridized carbons (Fsp3) is 0.200. The molecule has 0 saturated carbocycles. The van der Waals surface area contributed by atoms with Crippen LogP contribution in [0.2, 0.25) is 0 Å². The number of amides is 1. The third-order valence-corrected chi connectivity index (χ3v) is 4.74. The van der Waals surface area contributed by atoms with Gasteiger partial charge in [0.05, 0.1) is 18.4 Å². The van der Waals surface area contributed by atoms with Gasteiger partial charge in [0.15, 0.2) is 0 Å². The Morgan fingerprint density at radius 3 is 2.62 bits per heavy atom. The molecule has 2 aromatic heterocycles. The summed E-state index contributed by atoms with van der Waals surface area (Å²) >= 11 is 1.30. The van der Waals surface area contributed by atoms with Gasteiger partial charge >= 0.3 is 5.97 Å². The lowest BCUT2D eigenvalue weighted by molar-refractivity contribution is 0.0508. The van der Waals surface area contributed by atoms with Crippen LogP contribution in [0.15, 0.2) is 52.5 Å². The molecule has 0 atom stereocenters. The molecule has 5 nitrogen and oxygen atoms in total. The van der Waals surface area contributed by atoms with Crippen LogP contribution in [-0.4, -0.2) is 18.5 Å². The molecular weight excluding hydrogens is 350 g/mol. The van der Waals surface area contributed by atoms with E-state index < -0.39 is 5.97 Å². The second-order valence-corrected chi connectivity index (χ2v) is 6.58. The Balaban J connectivity index is 1.97. The third kappa shape index (κ3) is 3.70. The van der Waals surface area contributed by atoms with Crippen LogP contribution in [0.5, 0.6) is 0 Å². The predicted molar refractivity (Wildman–Crippen MR) is 102 cm³/mol. The number of rotatable bonds is 6. The SMILES string of the molecule is CCCOC(=O)c1c(-c2ccccc2)csc1NC(=O)c1ccoc1C. The Hall–Kier alpha value is -2.86. The Labute approximate surface area is 155 Å². The molecule has 1 aromatic carbocycles. The maximum Gasteiger partial charge on any atom is 0.341 e. The van der Waals surface area contributed by atoms with E-state index in [9.17, 15) is 9.59 Å². The van der Waals surface area contributed by atoms with E-state index in [1.807, 2.05) is 42.6 Å². The van der Waals surface area contributed by atoms with Gasteiger partial charge in [-0.3, -0.25) is 4.79 Å². The van der Waals surface area contributed by atoms with Crippen molar-refractivity contribution < 1.29 is 18.7 Å². The first-order chi connectivity index (χ1) is 12.6. The first kappa shape index (κ1) is 17.9. The molecule has 0 radical (unpaired) electrons. The van der Waals surface area contributed by atoms with Gasteiger partial charge in [0.2, 0.25) is 0 Å². The number of nitrogens with one attached hydrogen (secondary N) is 1. The lowest BCUT2D eigenvalue weighted by Crippen LogP contribution is -2.15. The number of furan rings is 1. The first-order valence-corrected chi connectivity index (χ1v) is 9.19. The Kier molecular flexibility index (Phi) is 5.53. The molecule has 0 unspecified atom stereocenters. The quantitative estimate of drug-likeness (QED) is 0.611. The molecule has 0 aliphatic carbocycles. The number of aryl methyl sites for hydroxylation is 1. The summed E-state index contributed by atoms with van der Waals surface area (Å²) < 4.78 is 10.5. The summed E-state index contributed by atoms with van der Waals surface area (Å²) in [7, 11) is 0. The molecule has 0 saturated heterocycles. The van der Waals surface area contributed by atoms with Crippen molar-refractivity contribution in [3.05, 3.63) is 64.9 Å². The van der Waals surface area contributed by atoms with Gasteiger partial charge in [-0.25, -0.2) is 4.79 Å². The molecule has 1 amide bonds. The topological polar surface area (TPSA) is 68.5 Å². The smallest absolute Gasteiger partial charge is 0.341 e. The number of thiophene rings is 1. The van der Waals surface area contributed by atoms with Gasteiger partial charge in [0.1, 0.15) is 16.3 Å². The van der Waals surface area contributed by atoms with E-state index >= 15 is 0 Å². The summed E-state index contributed by atoms with van der Waals surface area (Å²) in [4.78, 5) is 25.1. The van der Waals surface area contributed by atoms with E-state index in [1.165, 1.54) is 17.6 Å². The average molecular weight is 369 g/mol.